The Morgan fingerprint density at radius 1 is 1.29 bits per heavy atom. The van der Waals surface area contributed by atoms with Crippen LogP contribution in [0.25, 0.3) is 0 Å². The van der Waals surface area contributed by atoms with E-state index >= 15 is 0 Å². The van der Waals surface area contributed by atoms with Gasteiger partial charge in [0.15, 0.2) is 0 Å². The second kappa shape index (κ2) is 7.19. The number of sulfonamides is 1. The van der Waals surface area contributed by atoms with Crippen molar-refractivity contribution in [3.63, 3.8) is 0 Å². The van der Waals surface area contributed by atoms with E-state index < -0.39 is 10.0 Å². The van der Waals surface area contributed by atoms with Gasteiger partial charge in [0.2, 0.25) is 10.0 Å². The van der Waals surface area contributed by atoms with Crippen LogP contribution in [-0.4, -0.2) is 46.5 Å². The highest BCUT2D eigenvalue weighted by Gasteiger charge is 2.25. The quantitative estimate of drug-likeness (QED) is 0.760. The van der Waals surface area contributed by atoms with Gasteiger partial charge in [-0.25, -0.2) is 13.1 Å². The van der Waals surface area contributed by atoms with Crippen molar-refractivity contribution in [2.24, 2.45) is 0 Å². The SMILES string of the molecule is CNCc1ccc(Br)c(S(=O)(=O)NCC(C)(C)N(C)C)c1. The minimum atomic E-state index is -3.55. The van der Waals surface area contributed by atoms with Crippen molar-refractivity contribution in [1.29, 1.82) is 0 Å². The lowest BCUT2D eigenvalue weighted by Gasteiger charge is -2.32. The van der Waals surface area contributed by atoms with Gasteiger partial charge < -0.3 is 10.2 Å². The van der Waals surface area contributed by atoms with Crippen molar-refractivity contribution in [1.82, 2.24) is 14.9 Å². The molecular weight excluding hydrogens is 354 g/mol. The monoisotopic (exact) mass is 377 g/mol. The predicted molar refractivity (Wildman–Crippen MR) is 89.9 cm³/mol. The zero-order chi connectivity index (χ0) is 16.3. The second-order valence-corrected chi connectivity index (χ2v) is 8.42. The van der Waals surface area contributed by atoms with Crippen LogP contribution in [0.2, 0.25) is 0 Å². The molecule has 0 atom stereocenters. The van der Waals surface area contributed by atoms with Crippen molar-refractivity contribution in [3.05, 3.63) is 28.2 Å². The standard InChI is InChI=1S/C14H24BrN3O2S/c1-14(2,18(4)5)10-17-21(19,20)13-8-11(9-16-3)6-7-12(13)15/h6-8,16-17H,9-10H2,1-5H3. The van der Waals surface area contributed by atoms with E-state index in [-0.39, 0.29) is 10.4 Å². The van der Waals surface area contributed by atoms with Gasteiger partial charge in [0.05, 0.1) is 4.90 Å². The third-order valence-corrected chi connectivity index (χ3v) is 5.97. The molecule has 0 saturated heterocycles. The molecule has 0 amide bonds. The molecule has 1 rings (SSSR count). The van der Waals surface area contributed by atoms with Gasteiger partial charge in [0.1, 0.15) is 0 Å². The number of hydrogen-bond acceptors (Lipinski definition) is 4. The van der Waals surface area contributed by atoms with E-state index in [2.05, 4.69) is 26.0 Å². The Kier molecular flexibility index (Phi) is 6.36. The number of nitrogens with one attached hydrogen (secondary N) is 2. The maximum atomic E-state index is 12.5. The highest BCUT2D eigenvalue weighted by molar-refractivity contribution is 9.10. The van der Waals surface area contributed by atoms with Crippen LogP contribution in [0.15, 0.2) is 27.6 Å². The van der Waals surface area contributed by atoms with Crippen molar-refractivity contribution in [2.75, 3.05) is 27.7 Å². The van der Waals surface area contributed by atoms with E-state index in [0.29, 0.717) is 17.6 Å². The fraction of sp³-hybridized carbons (Fsp3) is 0.571. The van der Waals surface area contributed by atoms with Gasteiger partial charge in [-0.05, 0) is 68.6 Å². The number of hydrogen-bond donors (Lipinski definition) is 2. The molecule has 0 bridgehead atoms. The molecule has 0 unspecified atom stereocenters. The molecule has 0 fully saturated rings. The molecule has 0 aliphatic rings. The minimum Gasteiger partial charge on any atom is -0.316 e. The smallest absolute Gasteiger partial charge is 0.241 e. The minimum absolute atomic E-state index is 0.262. The van der Waals surface area contributed by atoms with Gasteiger partial charge in [-0.2, -0.15) is 0 Å². The van der Waals surface area contributed by atoms with E-state index in [1.54, 1.807) is 12.1 Å². The summed E-state index contributed by atoms with van der Waals surface area (Å²) in [6.07, 6.45) is 0. The Hall–Kier alpha value is -0.470. The maximum Gasteiger partial charge on any atom is 0.241 e. The van der Waals surface area contributed by atoms with Gasteiger partial charge in [0, 0.05) is 23.1 Å². The second-order valence-electron chi connectivity index (χ2n) is 5.83. The zero-order valence-corrected chi connectivity index (χ0v) is 15.6. The lowest BCUT2D eigenvalue weighted by atomic mass is 10.1. The number of halogens is 1. The molecule has 1 aromatic carbocycles. The average molecular weight is 378 g/mol. The summed E-state index contributed by atoms with van der Waals surface area (Å²) in [6, 6.07) is 5.34. The van der Waals surface area contributed by atoms with Crippen LogP contribution in [0.3, 0.4) is 0 Å². The Morgan fingerprint density at radius 2 is 1.90 bits per heavy atom. The zero-order valence-electron chi connectivity index (χ0n) is 13.2. The number of benzene rings is 1. The molecule has 21 heavy (non-hydrogen) atoms. The fourth-order valence-corrected chi connectivity index (χ4v) is 3.79. The summed E-state index contributed by atoms with van der Waals surface area (Å²) in [5.41, 5.74) is 0.662. The largest absolute Gasteiger partial charge is 0.316 e. The van der Waals surface area contributed by atoms with Crippen LogP contribution in [0, 0.1) is 0 Å². The third-order valence-electron chi connectivity index (χ3n) is 3.57. The van der Waals surface area contributed by atoms with Crippen LogP contribution in [0.4, 0.5) is 0 Å². The molecule has 0 aliphatic heterocycles. The van der Waals surface area contributed by atoms with Crippen LogP contribution < -0.4 is 10.0 Å². The van der Waals surface area contributed by atoms with Crippen molar-refractivity contribution in [3.8, 4) is 0 Å². The Labute approximate surface area is 136 Å². The molecule has 2 N–H and O–H groups in total. The van der Waals surface area contributed by atoms with Crippen molar-refractivity contribution in [2.45, 2.75) is 30.8 Å². The molecule has 0 radical (unpaired) electrons. The summed E-state index contributed by atoms with van der Waals surface area (Å²) in [4.78, 5) is 2.26. The van der Waals surface area contributed by atoms with E-state index in [9.17, 15) is 8.42 Å². The number of rotatable bonds is 7. The summed E-state index contributed by atoms with van der Waals surface area (Å²) < 4.78 is 28.3. The Balaban J connectivity index is 3.00. The van der Waals surface area contributed by atoms with E-state index in [4.69, 9.17) is 0 Å². The molecule has 0 aliphatic carbocycles. The van der Waals surface area contributed by atoms with Crippen LogP contribution in [0.1, 0.15) is 19.4 Å². The Morgan fingerprint density at radius 3 is 2.43 bits per heavy atom. The third kappa shape index (κ3) is 5.03. The highest BCUT2D eigenvalue weighted by atomic mass is 79.9. The molecule has 0 saturated carbocycles. The number of likely N-dealkylation sites (N-methyl/N-ethyl adjacent to an activating group) is 1. The molecule has 1 aromatic rings. The first-order valence-electron chi connectivity index (χ1n) is 6.70. The van der Waals surface area contributed by atoms with Gasteiger partial charge in [-0.3, -0.25) is 0 Å². The normalized spacial score (nSPS) is 12.9. The highest BCUT2D eigenvalue weighted by Crippen LogP contribution is 2.23. The van der Waals surface area contributed by atoms with E-state index in [1.807, 2.05) is 46.0 Å². The predicted octanol–water partition coefficient (Wildman–Crippen LogP) is 1.79. The van der Waals surface area contributed by atoms with E-state index in [1.165, 1.54) is 0 Å². The van der Waals surface area contributed by atoms with Crippen LogP contribution in [0.5, 0.6) is 0 Å². The Bertz CT molecular complexity index is 586. The molecular formula is C14H24BrN3O2S. The topological polar surface area (TPSA) is 61.4 Å². The first kappa shape index (κ1) is 18.6. The van der Waals surface area contributed by atoms with Crippen molar-refractivity contribution >= 4 is 26.0 Å². The molecule has 0 heterocycles. The van der Waals surface area contributed by atoms with Gasteiger partial charge in [-0.15, -0.1) is 0 Å². The first-order chi connectivity index (χ1) is 9.60. The first-order valence-corrected chi connectivity index (χ1v) is 8.98. The van der Waals surface area contributed by atoms with E-state index in [0.717, 1.165) is 5.56 Å². The lowest BCUT2D eigenvalue weighted by molar-refractivity contribution is 0.199. The lowest BCUT2D eigenvalue weighted by Crippen LogP contribution is -2.48. The molecule has 120 valence electrons. The molecule has 7 heteroatoms. The maximum absolute atomic E-state index is 12.5. The summed E-state index contributed by atoms with van der Waals surface area (Å²) >= 11 is 3.32. The summed E-state index contributed by atoms with van der Waals surface area (Å²) in [5, 5.41) is 3.02. The molecule has 5 nitrogen and oxygen atoms in total. The van der Waals surface area contributed by atoms with Gasteiger partial charge in [-0.1, -0.05) is 6.07 Å². The van der Waals surface area contributed by atoms with Crippen molar-refractivity contribution < 1.29 is 8.42 Å². The summed E-state index contributed by atoms with van der Waals surface area (Å²) in [7, 11) is 2.13. The van der Waals surface area contributed by atoms with Gasteiger partial charge >= 0.3 is 0 Å². The molecule has 0 aromatic heterocycles. The number of nitrogens with zero attached hydrogens (tertiary/aromatic N) is 1. The summed E-state index contributed by atoms with van der Waals surface area (Å²) in [5.74, 6) is 0. The molecule has 0 spiro atoms. The van der Waals surface area contributed by atoms with Crippen LogP contribution in [-0.2, 0) is 16.6 Å². The fourth-order valence-electron chi connectivity index (χ4n) is 1.58. The van der Waals surface area contributed by atoms with Gasteiger partial charge in [0.25, 0.3) is 0 Å². The average Bonchev–Trinajstić information content (AvgIpc) is 2.39. The summed E-state index contributed by atoms with van der Waals surface area (Å²) in [6.45, 7) is 4.94. The van der Waals surface area contributed by atoms with Crippen LogP contribution >= 0.6 is 15.9 Å².